The highest BCUT2D eigenvalue weighted by Crippen LogP contribution is 2.10. The average molecular weight is 268 g/mol. The molecule has 20 heavy (non-hydrogen) atoms. The first-order valence-corrected chi connectivity index (χ1v) is 6.84. The van der Waals surface area contributed by atoms with E-state index in [0.29, 0.717) is 6.54 Å². The lowest BCUT2D eigenvalue weighted by atomic mass is 10.1. The molecule has 0 fully saturated rings. The lowest BCUT2D eigenvalue weighted by Crippen LogP contribution is -2.30. The summed E-state index contributed by atoms with van der Waals surface area (Å²) in [5.41, 5.74) is 3.25. The van der Waals surface area contributed by atoms with E-state index in [0.717, 1.165) is 17.7 Å². The van der Waals surface area contributed by atoms with Gasteiger partial charge in [-0.1, -0.05) is 49.4 Å². The SMILES string of the molecule is CCc1ccc(CN(C)C(=O)Nc2ccccc2)cc1. The fourth-order valence-electron chi connectivity index (χ4n) is 1.97. The van der Waals surface area contributed by atoms with Crippen LogP contribution in [0.25, 0.3) is 0 Å². The number of aryl methyl sites for hydroxylation is 1. The summed E-state index contributed by atoms with van der Waals surface area (Å²) in [6.07, 6.45) is 1.03. The lowest BCUT2D eigenvalue weighted by molar-refractivity contribution is 0.220. The molecule has 0 aromatic heterocycles. The van der Waals surface area contributed by atoms with Crippen molar-refractivity contribution in [2.24, 2.45) is 0 Å². The number of carbonyl (C=O) groups excluding carboxylic acids is 1. The predicted octanol–water partition coefficient (Wildman–Crippen LogP) is 3.91. The number of hydrogen-bond donors (Lipinski definition) is 1. The van der Waals surface area contributed by atoms with Crippen molar-refractivity contribution in [3.8, 4) is 0 Å². The van der Waals surface area contributed by atoms with E-state index in [9.17, 15) is 4.79 Å². The fraction of sp³-hybridized carbons (Fsp3) is 0.235. The molecule has 3 heteroatoms. The smallest absolute Gasteiger partial charge is 0.321 e. The molecular weight excluding hydrogens is 248 g/mol. The number of amides is 2. The minimum absolute atomic E-state index is 0.101. The molecule has 2 rings (SSSR count). The van der Waals surface area contributed by atoms with E-state index < -0.39 is 0 Å². The molecule has 0 spiro atoms. The van der Waals surface area contributed by atoms with Crippen LogP contribution < -0.4 is 5.32 Å². The maximum atomic E-state index is 12.1. The molecule has 2 aromatic rings. The maximum Gasteiger partial charge on any atom is 0.321 e. The van der Waals surface area contributed by atoms with Crippen LogP contribution in [0.5, 0.6) is 0 Å². The van der Waals surface area contributed by atoms with E-state index in [1.54, 1.807) is 11.9 Å². The Morgan fingerprint density at radius 3 is 2.20 bits per heavy atom. The van der Waals surface area contributed by atoms with Gasteiger partial charge >= 0.3 is 6.03 Å². The second-order valence-corrected chi connectivity index (χ2v) is 4.82. The van der Waals surface area contributed by atoms with Crippen LogP contribution in [0.15, 0.2) is 54.6 Å². The van der Waals surface area contributed by atoms with Crippen LogP contribution in [0.2, 0.25) is 0 Å². The quantitative estimate of drug-likeness (QED) is 0.895. The lowest BCUT2D eigenvalue weighted by Gasteiger charge is -2.18. The van der Waals surface area contributed by atoms with Crippen LogP contribution in [0.3, 0.4) is 0 Å². The Morgan fingerprint density at radius 1 is 1.00 bits per heavy atom. The van der Waals surface area contributed by atoms with Gasteiger partial charge in [0.1, 0.15) is 0 Å². The summed E-state index contributed by atoms with van der Waals surface area (Å²) >= 11 is 0. The molecule has 3 nitrogen and oxygen atoms in total. The van der Waals surface area contributed by atoms with E-state index in [-0.39, 0.29) is 6.03 Å². The van der Waals surface area contributed by atoms with Crippen LogP contribution in [0, 0.1) is 0 Å². The van der Waals surface area contributed by atoms with Gasteiger partial charge in [-0.15, -0.1) is 0 Å². The highest BCUT2D eigenvalue weighted by Gasteiger charge is 2.09. The van der Waals surface area contributed by atoms with Gasteiger partial charge < -0.3 is 10.2 Å². The van der Waals surface area contributed by atoms with Crippen LogP contribution >= 0.6 is 0 Å². The largest absolute Gasteiger partial charge is 0.323 e. The van der Waals surface area contributed by atoms with Gasteiger partial charge in [-0.3, -0.25) is 0 Å². The van der Waals surface area contributed by atoms with Gasteiger partial charge in [-0.25, -0.2) is 4.79 Å². The molecule has 0 bridgehead atoms. The summed E-state index contributed by atoms with van der Waals surface area (Å²) in [4.78, 5) is 13.7. The number of carbonyl (C=O) groups is 1. The number of benzene rings is 2. The minimum Gasteiger partial charge on any atom is -0.323 e. The normalized spacial score (nSPS) is 10.1. The number of nitrogens with one attached hydrogen (secondary N) is 1. The van der Waals surface area contributed by atoms with Crippen molar-refractivity contribution in [1.29, 1.82) is 0 Å². The van der Waals surface area contributed by atoms with Crippen molar-refractivity contribution in [2.45, 2.75) is 19.9 Å². The zero-order valence-electron chi connectivity index (χ0n) is 12.0. The van der Waals surface area contributed by atoms with Gasteiger partial charge in [0, 0.05) is 19.3 Å². The average Bonchev–Trinajstić information content (AvgIpc) is 2.49. The summed E-state index contributed by atoms with van der Waals surface area (Å²) in [6, 6.07) is 17.7. The Bertz CT molecular complexity index is 549. The maximum absolute atomic E-state index is 12.1. The zero-order chi connectivity index (χ0) is 14.4. The monoisotopic (exact) mass is 268 g/mol. The van der Waals surface area contributed by atoms with Crippen LogP contribution in [0.1, 0.15) is 18.1 Å². The summed E-state index contributed by atoms with van der Waals surface area (Å²) in [7, 11) is 1.80. The molecule has 0 radical (unpaired) electrons. The summed E-state index contributed by atoms with van der Waals surface area (Å²) in [6.45, 7) is 2.73. The second kappa shape index (κ2) is 6.75. The summed E-state index contributed by atoms with van der Waals surface area (Å²) in [5.74, 6) is 0. The third-order valence-electron chi connectivity index (χ3n) is 3.22. The van der Waals surface area contributed by atoms with E-state index in [2.05, 4.69) is 36.5 Å². The first-order valence-electron chi connectivity index (χ1n) is 6.84. The van der Waals surface area contributed by atoms with Crippen LogP contribution in [-0.4, -0.2) is 18.0 Å². The van der Waals surface area contributed by atoms with Gasteiger partial charge in [0.25, 0.3) is 0 Å². The van der Waals surface area contributed by atoms with E-state index in [1.807, 2.05) is 30.3 Å². The third-order valence-corrected chi connectivity index (χ3v) is 3.22. The Kier molecular flexibility index (Phi) is 4.77. The molecule has 0 aliphatic carbocycles. The van der Waals surface area contributed by atoms with Gasteiger partial charge in [0.05, 0.1) is 0 Å². The topological polar surface area (TPSA) is 32.3 Å². The third kappa shape index (κ3) is 3.85. The Hall–Kier alpha value is -2.29. The highest BCUT2D eigenvalue weighted by atomic mass is 16.2. The molecule has 2 amide bonds. The van der Waals surface area contributed by atoms with E-state index >= 15 is 0 Å². The Balaban J connectivity index is 1.93. The minimum atomic E-state index is -0.101. The number of nitrogens with zero attached hydrogens (tertiary/aromatic N) is 1. The number of anilines is 1. The summed E-state index contributed by atoms with van der Waals surface area (Å²) < 4.78 is 0. The molecule has 0 saturated heterocycles. The number of para-hydroxylation sites is 1. The molecule has 0 saturated carbocycles. The number of urea groups is 1. The van der Waals surface area contributed by atoms with Crippen molar-refractivity contribution in [3.05, 3.63) is 65.7 Å². The molecule has 1 N–H and O–H groups in total. The molecule has 0 aliphatic heterocycles. The van der Waals surface area contributed by atoms with Crippen molar-refractivity contribution in [3.63, 3.8) is 0 Å². The molecular formula is C17H20N2O. The first kappa shape index (κ1) is 14.1. The predicted molar refractivity (Wildman–Crippen MR) is 82.7 cm³/mol. The zero-order valence-corrected chi connectivity index (χ0v) is 12.0. The van der Waals surface area contributed by atoms with Gasteiger partial charge in [0.15, 0.2) is 0 Å². The standard InChI is InChI=1S/C17H20N2O/c1-3-14-9-11-15(12-10-14)13-19(2)17(20)18-16-7-5-4-6-8-16/h4-12H,3,13H2,1-2H3,(H,18,20). The fourth-order valence-corrected chi connectivity index (χ4v) is 1.97. The second-order valence-electron chi connectivity index (χ2n) is 4.82. The summed E-state index contributed by atoms with van der Waals surface area (Å²) in [5, 5.41) is 2.87. The Labute approximate surface area is 120 Å². The van der Waals surface area contributed by atoms with E-state index in [1.165, 1.54) is 5.56 Å². The molecule has 104 valence electrons. The van der Waals surface area contributed by atoms with Gasteiger partial charge in [-0.05, 0) is 29.7 Å². The molecule has 0 heterocycles. The number of rotatable bonds is 4. The van der Waals surface area contributed by atoms with Crippen LogP contribution in [-0.2, 0) is 13.0 Å². The van der Waals surface area contributed by atoms with Crippen LogP contribution in [0.4, 0.5) is 10.5 Å². The number of hydrogen-bond acceptors (Lipinski definition) is 1. The van der Waals surface area contributed by atoms with Gasteiger partial charge in [0.2, 0.25) is 0 Å². The molecule has 0 unspecified atom stereocenters. The van der Waals surface area contributed by atoms with Crippen molar-refractivity contribution < 1.29 is 4.79 Å². The van der Waals surface area contributed by atoms with Crippen molar-refractivity contribution in [2.75, 3.05) is 12.4 Å². The van der Waals surface area contributed by atoms with Crippen molar-refractivity contribution in [1.82, 2.24) is 4.90 Å². The molecule has 0 aliphatic rings. The first-order chi connectivity index (χ1) is 9.69. The molecule has 0 atom stereocenters. The molecule has 2 aromatic carbocycles. The van der Waals surface area contributed by atoms with E-state index in [4.69, 9.17) is 0 Å². The highest BCUT2D eigenvalue weighted by molar-refractivity contribution is 5.89. The Morgan fingerprint density at radius 2 is 1.60 bits per heavy atom. The van der Waals surface area contributed by atoms with Crippen molar-refractivity contribution >= 4 is 11.7 Å². The van der Waals surface area contributed by atoms with Gasteiger partial charge in [-0.2, -0.15) is 0 Å².